The zero-order valence-corrected chi connectivity index (χ0v) is 15.5. The average molecular weight is 354 g/mol. The summed E-state index contributed by atoms with van der Waals surface area (Å²) >= 11 is 0. The normalized spacial score (nSPS) is 28.2. The summed E-state index contributed by atoms with van der Waals surface area (Å²) in [6, 6.07) is 0. The van der Waals surface area contributed by atoms with E-state index in [4.69, 9.17) is 19.3 Å². The highest BCUT2D eigenvalue weighted by molar-refractivity contribution is 5.79. The summed E-state index contributed by atoms with van der Waals surface area (Å²) in [5.74, 6) is 0.221. The van der Waals surface area contributed by atoms with Crippen LogP contribution in [0.2, 0.25) is 0 Å². The molecule has 0 radical (unpaired) electrons. The number of ether oxygens (including phenoxy) is 3. The Hall–Kier alpha value is -0.910. The van der Waals surface area contributed by atoms with Crippen LogP contribution in [0, 0.1) is 11.8 Å². The van der Waals surface area contributed by atoms with Crippen LogP contribution in [0.1, 0.15) is 58.3 Å². The van der Waals surface area contributed by atoms with Crippen LogP contribution in [0.5, 0.6) is 0 Å². The summed E-state index contributed by atoms with van der Waals surface area (Å²) in [7, 11) is 0. The third-order valence-electron chi connectivity index (χ3n) is 5.40. The summed E-state index contributed by atoms with van der Waals surface area (Å²) < 4.78 is 17.5. The van der Waals surface area contributed by atoms with Crippen molar-refractivity contribution < 1.29 is 24.1 Å². The van der Waals surface area contributed by atoms with Crippen LogP contribution >= 0.6 is 0 Å². The van der Waals surface area contributed by atoms with Gasteiger partial charge in [0, 0.05) is 25.9 Å². The maximum absolute atomic E-state index is 10.4. The Morgan fingerprint density at radius 1 is 1.04 bits per heavy atom. The van der Waals surface area contributed by atoms with E-state index in [1.54, 1.807) is 6.08 Å². The maximum atomic E-state index is 10.4. The Labute approximate surface area is 151 Å². The third kappa shape index (κ3) is 7.08. The topological polar surface area (TPSA) is 65.0 Å². The number of carbonyl (C=O) groups is 1. The van der Waals surface area contributed by atoms with Crippen molar-refractivity contribution in [3.8, 4) is 0 Å². The predicted octanol–water partition coefficient (Wildman–Crippen LogP) is 3.81. The number of fused-ring (bicyclic) bond motifs is 2. The van der Waals surface area contributed by atoms with Crippen LogP contribution in [-0.2, 0) is 19.0 Å². The van der Waals surface area contributed by atoms with Crippen LogP contribution < -0.4 is 0 Å². The number of hydrogen-bond donors (Lipinski definition) is 1. The van der Waals surface area contributed by atoms with Crippen LogP contribution in [0.4, 0.5) is 0 Å². The Bertz CT molecular complexity index is 409. The number of rotatable bonds is 14. The van der Waals surface area contributed by atoms with Gasteiger partial charge in [-0.2, -0.15) is 0 Å². The molecule has 2 bridgehead atoms. The highest BCUT2D eigenvalue weighted by atomic mass is 16.5. The van der Waals surface area contributed by atoms with Crippen molar-refractivity contribution in [2.75, 3.05) is 26.4 Å². The lowest BCUT2D eigenvalue weighted by molar-refractivity contribution is -0.131. The van der Waals surface area contributed by atoms with Gasteiger partial charge >= 0.3 is 5.97 Å². The fraction of sp³-hybridized carbons (Fsp3) is 0.850. The van der Waals surface area contributed by atoms with Gasteiger partial charge in [-0.05, 0) is 43.9 Å². The molecule has 0 aromatic rings. The number of carboxylic acids is 1. The first-order valence-corrected chi connectivity index (χ1v) is 9.92. The second-order valence-corrected chi connectivity index (χ2v) is 7.18. The van der Waals surface area contributed by atoms with Gasteiger partial charge in [0.25, 0.3) is 0 Å². The first-order chi connectivity index (χ1) is 12.2. The molecule has 5 nitrogen and oxygen atoms in total. The summed E-state index contributed by atoms with van der Waals surface area (Å²) in [6.45, 7) is 4.96. The zero-order valence-electron chi connectivity index (χ0n) is 15.5. The fourth-order valence-corrected chi connectivity index (χ4v) is 4.14. The molecule has 1 N–H and O–H groups in total. The molecular formula is C20H34O5. The summed E-state index contributed by atoms with van der Waals surface area (Å²) in [5, 5.41) is 8.54. The lowest BCUT2D eigenvalue weighted by Gasteiger charge is -2.27. The standard InChI is InChI=1S/C20H34O5/c1-2-3-4-5-12-23-14-10-16-17(19-9-8-18(16)25-19)11-15-24-13-6-7-20(21)22/h6-7,16-19H,2-5,8-15H2,1H3,(H,21,22)/b7-6+/t16-,17+,18-,19+/m1/s1. The van der Waals surface area contributed by atoms with Crippen LogP contribution in [0.3, 0.4) is 0 Å². The Balaban J connectivity index is 1.60. The van der Waals surface area contributed by atoms with Gasteiger partial charge in [-0.1, -0.05) is 32.3 Å². The van der Waals surface area contributed by atoms with Gasteiger partial charge in [0.15, 0.2) is 0 Å². The first-order valence-electron chi connectivity index (χ1n) is 9.92. The van der Waals surface area contributed by atoms with E-state index in [1.165, 1.54) is 38.5 Å². The van der Waals surface area contributed by atoms with Gasteiger partial charge in [-0.3, -0.25) is 0 Å². The Kier molecular flexibility index (Phi) is 9.51. The van der Waals surface area contributed by atoms with E-state index < -0.39 is 5.97 Å². The Morgan fingerprint density at radius 3 is 2.36 bits per heavy atom. The lowest BCUT2D eigenvalue weighted by atomic mass is 9.76. The molecule has 2 saturated heterocycles. The van der Waals surface area contributed by atoms with Gasteiger partial charge in [0.1, 0.15) is 0 Å². The summed E-state index contributed by atoms with van der Waals surface area (Å²) in [5.41, 5.74) is 0. The number of aliphatic carboxylic acids is 1. The van der Waals surface area contributed by atoms with Crippen molar-refractivity contribution in [2.24, 2.45) is 11.8 Å². The number of hydrogen-bond acceptors (Lipinski definition) is 4. The molecule has 2 rings (SSSR count). The summed E-state index contributed by atoms with van der Waals surface area (Å²) in [6.07, 6.45) is 12.9. The minimum Gasteiger partial charge on any atom is -0.478 e. The fourth-order valence-electron chi connectivity index (χ4n) is 4.14. The molecule has 0 spiro atoms. The van der Waals surface area contributed by atoms with Gasteiger partial charge in [-0.25, -0.2) is 4.79 Å². The van der Waals surface area contributed by atoms with E-state index in [0.29, 0.717) is 37.3 Å². The van der Waals surface area contributed by atoms with Gasteiger partial charge < -0.3 is 19.3 Å². The van der Waals surface area contributed by atoms with E-state index in [9.17, 15) is 4.79 Å². The van der Waals surface area contributed by atoms with E-state index in [-0.39, 0.29) is 0 Å². The number of carboxylic acid groups (broad SMARTS) is 1. The zero-order chi connectivity index (χ0) is 17.9. The number of unbranched alkanes of at least 4 members (excludes halogenated alkanes) is 3. The van der Waals surface area contributed by atoms with Crippen molar-refractivity contribution in [3.05, 3.63) is 12.2 Å². The third-order valence-corrected chi connectivity index (χ3v) is 5.40. The van der Waals surface area contributed by atoms with Crippen molar-refractivity contribution in [3.63, 3.8) is 0 Å². The molecule has 0 unspecified atom stereocenters. The smallest absolute Gasteiger partial charge is 0.328 e. The van der Waals surface area contributed by atoms with Crippen LogP contribution in [-0.4, -0.2) is 49.7 Å². The largest absolute Gasteiger partial charge is 0.478 e. The average Bonchev–Trinajstić information content (AvgIpc) is 3.19. The molecule has 0 amide bonds. The molecule has 4 atom stereocenters. The van der Waals surface area contributed by atoms with Gasteiger partial charge in [0.2, 0.25) is 0 Å². The first kappa shape index (κ1) is 20.4. The monoisotopic (exact) mass is 354 g/mol. The van der Waals surface area contributed by atoms with Crippen molar-refractivity contribution in [1.29, 1.82) is 0 Å². The SMILES string of the molecule is CCCCCCOCC[C@@H]1[C@H](CCOC/C=C/C(=O)O)[C@@H]2CC[C@H]1O2. The molecule has 0 aromatic heterocycles. The molecular weight excluding hydrogens is 320 g/mol. The van der Waals surface area contributed by atoms with E-state index in [2.05, 4.69) is 6.92 Å². The highest BCUT2D eigenvalue weighted by Gasteiger charge is 2.47. The van der Waals surface area contributed by atoms with Crippen molar-refractivity contribution >= 4 is 5.97 Å². The van der Waals surface area contributed by atoms with Gasteiger partial charge in [0.05, 0.1) is 18.8 Å². The molecule has 2 fully saturated rings. The maximum Gasteiger partial charge on any atom is 0.328 e. The van der Waals surface area contributed by atoms with E-state index in [1.807, 2.05) is 0 Å². The molecule has 0 aliphatic carbocycles. The van der Waals surface area contributed by atoms with Crippen molar-refractivity contribution in [2.45, 2.75) is 70.5 Å². The molecule has 2 heterocycles. The van der Waals surface area contributed by atoms with Crippen LogP contribution in [0.15, 0.2) is 12.2 Å². The lowest BCUT2D eigenvalue weighted by Crippen LogP contribution is -2.29. The Morgan fingerprint density at radius 2 is 1.72 bits per heavy atom. The molecule has 25 heavy (non-hydrogen) atoms. The second kappa shape index (κ2) is 11.7. The highest BCUT2D eigenvalue weighted by Crippen LogP contribution is 2.46. The minimum atomic E-state index is -0.931. The molecule has 5 heteroatoms. The molecule has 0 aromatic carbocycles. The minimum absolute atomic E-state index is 0.361. The summed E-state index contributed by atoms with van der Waals surface area (Å²) in [4.78, 5) is 10.4. The molecule has 2 aliphatic heterocycles. The second-order valence-electron chi connectivity index (χ2n) is 7.18. The van der Waals surface area contributed by atoms with Crippen LogP contribution in [0.25, 0.3) is 0 Å². The van der Waals surface area contributed by atoms with E-state index in [0.717, 1.165) is 32.1 Å². The molecule has 0 saturated carbocycles. The van der Waals surface area contributed by atoms with E-state index >= 15 is 0 Å². The van der Waals surface area contributed by atoms with Crippen molar-refractivity contribution in [1.82, 2.24) is 0 Å². The molecule has 2 aliphatic rings. The predicted molar refractivity (Wildman–Crippen MR) is 96.7 cm³/mol. The molecule has 144 valence electrons. The van der Waals surface area contributed by atoms with Gasteiger partial charge in [-0.15, -0.1) is 0 Å². The quantitative estimate of drug-likeness (QED) is 0.379.